The van der Waals surface area contributed by atoms with Crippen molar-refractivity contribution in [2.75, 3.05) is 19.8 Å². The maximum Gasteiger partial charge on any atom is 0.267 e. The van der Waals surface area contributed by atoms with Crippen molar-refractivity contribution >= 4 is 17.5 Å². The number of nitrogens with zero attached hydrogens (tertiary/aromatic N) is 2. The van der Waals surface area contributed by atoms with Crippen LogP contribution in [0.5, 0.6) is 0 Å². The lowest BCUT2D eigenvalue weighted by molar-refractivity contribution is -0.121. The zero-order chi connectivity index (χ0) is 17.4. The lowest BCUT2D eigenvalue weighted by Crippen LogP contribution is -2.34. The summed E-state index contributed by atoms with van der Waals surface area (Å²) in [5.74, 6) is -0.260. The van der Waals surface area contributed by atoms with Crippen molar-refractivity contribution in [2.45, 2.75) is 19.9 Å². The number of nitrogens with one attached hydrogen (secondary N) is 1. The summed E-state index contributed by atoms with van der Waals surface area (Å²) in [7, 11) is 0. The van der Waals surface area contributed by atoms with E-state index in [-0.39, 0.29) is 18.0 Å². The zero-order valence-electron chi connectivity index (χ0n) is 13.5. The molecule has 7 heteroatoms. The van der Waals surface area contributed by atoms with Crippen molar-refractivity contribution in [3.05, 3.63) is 51.8 Å². The van der Waals surface area contributed by atoms with Crippen LogP contribution in [0.15, 0.2) is 41.2 Å². The second-order valence-electron chi connectivity index (χ2n) is 5.13. The van der Waals surface area contributed by atoms with E-state index in [0.717, 1.165) is 16.7 Å². The van der Waals surface area contributed by atoms with E-state index in [1.54, 1.807) is 24.3 Å². The molecule has 0 aliphatic rings. The predicted octanol–water partition coefficient (Wildman–Crippen LogP) is 2.11. The Hall–Kier alpha value is -2.18. The smallest absolute Gasteiger partial charge is 0.267 e. The number of ether oxygens (including phenoxy) is 1. The topological polar surface area (TPSA) is 73.2 Å². The third-order valence-corrected chi connectivity index (χ3v) is 3.51. The van der Waals surface area contributed by atoms with E-state index in [1.165, 1.54) is 6.07 Å². The number of aromatic nitrogens is 2. The first-order valence-electron chi connectivity index (χ1n) is 7.78. The minimum absolute atomic E-state index is 0.123. The van der Waals surface area contributed by atoms with Gasteiger partial charge in [-0.2, -0.15) is 5.10 Å². The maximum absolute atomic E-state index is 11.9. The number of rotatable bonds is 8. The third kappa shape index (κ3) is 5.47. The van der Waals surface area contributed by atoms with Crippen LogP contribution in [0.3, 0.4) is 0 Å². The van der Waals surface area contributed by atoms with Gasteiger partial charge in [0, 0.05) is 36.4 Å². The molecular weight excluding hydrogens is 330 g/mol. The largest absolute Gasteiger partial charge is 0.382 e. The third-order valence-electron chi connectivity index (χ3n) is 3.27. The monoisotopic (exact) mass is 349 g/mol. The van der Waals surface area contributed by atoms with Gasteiger partial charge in [-0.15, -0.1) is 0 Å². The van der Waals surface area contributed by atoms with Crippen LogP contribution in [0, 0.1) is 0 Å². The minimum Gasteiger partial charge on any atom is -0.382 e. The Labute approximate surface area is 145 Å². The van der Waals surface area contributed by atoms with Gasteiger partial charge >= 0.3 is 0 Å². The number of hydrogen-bond donors (Lipinski definition) is 1. The standard InChI is InChI=1S/C17H20ClN3O3/c1-2-24-10-4-9-19-16(22)12-21-17(23)8-7-15(20-21)13-5-3-6-14(18)11-13/h3,5-8,11H,2,4,9-10,12H2,1H3,(H,19,22). The Morgan fingerprint density at radius 3 is 2.92 bits per heavy atom. The van der Waals surface area contributed by atoms with Crippen molar-refractivity contribution in [1.29, 1.82) is 0 Å². The normalized spacial score (nSPS) is 10.6. The molecule has 0 aliphatic heterocycles. The molecular formula is C17H20ClN3O3. The van der Waals surface area contributed by atoms with Crippen LogP contribution in [-0.2, 0) is 16.1 Å². The molecule has 0 aliphatic carbocycles. The Balaban J connectivity index is 2.01. The van der Waals surface area contributed by atoms with Gasteiger partial charge in [-0.3, -0.25) is 9.59 Å². The van der Waals surface area contributed by atoms with E-state index in [0.29, 0.717) is 30.5 Å². The molecule has 0 spiro atoms. The molecule has 0 saturated carbocycles. The lowest BCUT2D eigenvalue weighted by Gasteiger charge is -2.08. The van der Waals surface area contributed by atoms with Gasteiger partial charge in [0.1, 0.15) is 6.54 Å². The first kappa shape index (κ1) is 18.2. The highest BCUT2D eigenvalue weighted by atomic mass is 35.5. The van der Waals surface area contributed by atoms with E-state index < -0.39 is 0 Å². The molecule has 1 aromatic heterocycles. The number of carbonyl (C=O) groups is 1. The molecule has 0 unspecified atom stereocenters. The van der Waals surface area contributed by atoms with E-state index >= 15 is 0 Å². The van der Waals surface area contributed by atoms with Crippen LogP contribution in [0.2, 0.25) is 5.02 Å². The Kier molecular flexibility index (Phi) is 6.96. The summed E-state index contributed by atoms with van der Waals surface area (Å²) in [5, 5.41) is 7.57. The summed E-state index contributed by atoms with van der Waals surface area (Å²) in [6, 6.07) is 10.2. The first-order valence-corrected chi connectivity index (χ1v) is 8.16. The highest BCUT2D eigenvalue weighted by molar-refractivity contribution is 6.30. The number of halogens is 1. The van der Waals surface area contributed by atoms with Crippen molar-refractivity contribution in [3.8, 4) is 11.3 Å². The van der Waals surface area contributed by atoms with E-state index in [4.69, 9.17) is 16.3 Å². The van der Waals surface area contributed by atoms with E-state index in [2.05, 4.69) is 10.4 Å². The Bertz CT molecular complexity index is 746. The molecule has 24 heavy (non-hydrogen) atoms. The molecule has 0 saturated heterocycles. The highest BCUT2D eigenvalue weighted by Gasteiger charge is 2.08. The maximum atomic E-state index is 11.9. The van der Waals surface area contributed by atoms with Gasteiger partial charge in [-0.05, 0) is 31.5 Å². The second kappa shape index (κ2) is 9.20. The van der Waals surface area contributed by atoms with Gasteiger partial charge in [0.2, 0.25) is 5.91 Å². The number of hydrogen-bond acceptors (Lipinski definition) is 4. The molecule has 1 aromatic carbocycles. The summed E-state index contributed by atoms with van der Waals surface area (Å²) >= 11 is 5.97. The molecule has 2 aromatic rings. The quantitative estimate of drug-likeness (QED) is 0.741. The minimum atomic E-state index is -0.328. The number of carbonyl (C=O) groups excluding carboxylic acids is 1. The van der Waals surface area contributed by atoms with Gasteiger partial charge in [0.25, 0.3) is 5.56 Å². The Morgan fingerprint density at radius 2 is 2.17 bits per heavy atom. The summed E-state index contributed by atoms with van der Waals surface area (Å²) < 4.78 is 6.34. The summed E-state index contributed by atoms with van der Waals surface area (Å²) in [6.45, 7) is 3.55. The molecule has 128 valence electrons. The van der Waals surface area contributed by atoms with E-state index in [9.17, 15) is 9.59 Å². The summed E-state index contributed by atoms with van der Waals surface area (Å²) in [6.07, 6.45) is 0.727. The molecule has 1 heterocycles. The van der Waals surface area contributed by atoms with Crippen LogP contribution >= 0.6 is 11.6 Å². The molecule has 0 atom stereocenters. The van der Waals surface area contributed by atoms with Crippen LogP contribution in [0.25, 0.3) is 11.3 Å². The molecule has 1 amide bonds. The lowest BCUT2D eigenvalue weighted by atomic mass is 10.1. The summed E-state index contributed by atoms with van der Waals surface area (Å²) in [5.41, 5.74) is 1.04. The first-order chi connectivity index (χ1) is 11.6. The van der Waals surface area contributed by atoms with Crippen molar-refractivity contribution in [3.63, 3.8) is 0 Å². The van der Waals surface area contributed by atoms with Crippen molar-refractivity contribution in [1.82, 2.24) is 15.1 Å². The fourth-order valence-electron chi connectivity index (χ4n) is 2.10. The average molecular weight is 350 g/mol. The van der Waals surface area contributed by atoms with Gasteiger partial charge in [0.15, 0.2) is 0 Å². The molecule has 0 radical (unpaired) electrons. The molecule has 0 bridgehead atoms. The SMILES string of the molecule is CCOCCCNC(=O)Cn1nc(-c2cccc(Cl)c2)ccc1=O. The fourth-order valence-corrected chi connectivity index (χ4v) is 2.29. The predicted molar refractivity (Wildman–Crippen MR) is 93.1 cm³/mol. The van der Waals surface area contributed by atoms with Gasteiger partial charge in [0.05, 0.1) is 5.69 Å². The average Bonchev–Trinajstić information content (AvgIpc) is 2.56. The van der Waals surface area contributed by atoms with Crippen LogP contribution < -0.4 is 10.9 Å². The molecule has 0 fully saturated rings. The zero-order valence-corrected chi connectivity index (χ0v) is 14.3. The van der Waals surface area contributed by atoms with Gasteiger partial charge in [-0.1, -0.05) is 23.7 Å². The molecule has 2 rings (SSSR count). The van der Waals surface area contributed by atoms with Crippen LogP contribution in [-0.4, -0.2) is 35.4 Å². The molecule has 1 N–H and O–H groups in total. The van der Waals surface area contributed by atoms with Crippen molar-refractivity contribution in [2.24, 2.45) is 0 Å². The van der Waals surface area contributed by atoms with Crippen LogP contribution in [0.1, 0.15) is 13.3 Å². The number of benzene rings is 1. The summed E-state index contributed by atoms with van der Waals surface area (Å²) in [4.78, 5) is 23.8. The van der Waals surface area contributed by atoms with Gasteiger partial charge < -0.3 is 10.1 Å². The molecule has 6 nitrogen and oxygen atoms in total. The van der Waals surface area contributed by atoms with Crippen LogP contribution in [0.4, 0.5) is 0 Å². The van der Waals surface area contributed by atoms with Crippen molar-refractivity contribution < 1.29 is 9.53 Å². The fraction of sp³-hybridized carbons (Fsp3) is 0.353. The van der Waals surface area contributed by atoms with Gasteiger partial charge in [-0.25, -0.2) is 4.68 Å². The number of amides is 1. The Morgan fingerprint density at radius 1 is 1.33 bits per heavy atom. The van der Waals surface area contributed by atoms with E-state index in [1.807, 2.05) is 13.0 Å². The second-order valence-corrected chi connectivity index (χ2v) is 5.56. The highest BCUT2D eigenvalue weighted by Crippen LogP contribution is 2.19.